The van der Waals surface area contributed by atoms with Gasteiger partial charge in [-0.3, -0.25) is 9.59 Å². The molecule has 1 saturated carbocycles. The highest BCUT2D eigenvalue weighted by Gasteiger charge is 2.32. The molecule has 0 amide bonds. The van der Waals surface area contributed by atoms with E-state index in [1.807, 2.05) is 25.1 Å². The van der Waals surface area contributed by atoms with Crippen LogP contribution in [-0.4, -0.2) is 11.6 Å². The molecule has 0 N–H and O–H groups in total. The lowest BCUT2D eigenvalue weighted by molar-refractivity contribution is -0.131. The summed E-state index contributed by atoms with van der Waals surface area (Å²) in [4.78, 5) is 24.0. The molecule has 96 valence electrons. The molecule has 1 unspecified atom stereocenters. The Bertz CT molecular complexity index is 466. The van der Waals surface area contributed by atoms with Crippen LogP contribution in [0.1, 0.15) is 43.2 Å². The first kappa shape index (κ1) is 13.2. The van der Waals surface area contributed by atoms with Gasteiger partial charge in [0.2, 0.25) is 0 Å². The minimum absolute atomic E-state index is 0.0434. The van der Waals surface area contributed by atoms with Crippen LogP contribution in [0, 0.1) is 0 Å². The number of hydrogen-bond acceptors (Lipinski definition) is 3. The number of carbonyl (C=O) groups is 2. The number of ketones is 2. The fraction of sp³-hybridized carbons (Fsp3) is 0.429. The summed E-state index contributed by atoms with van der Waals surface area (Å²) in [6, 6.07) is 5.61. The molecule has 3 nitrogen and oxygen atoms in total. The van der Waals surface area contributed by atoms with E-state index in [9.17, 15) is 9.59 Å². The maximum Gasteiger partial charge on any atom is 0.147 e. The van der Waals surface area contributed by atoms with Gasteiger partial charge in [0, 0.05) is 12.8 Å². The van der Waals surface area contributed by atoms with E-state index in [0.29, 0.717) is 25.0 Å². The van der Waals surface area contributed by atoms with Crippen molar-refractivity contribution in [1.82, 2.24) is 0 Å². The Balaban J connectivity index is 2.46. The molecule has 0 spiro atoms. The van der Waals surface area contributed by atoms with Gasteiger partial charge in [-0.1, -0.05) is 13.0 Å². The number of carbonyl (C=O) groups excluding carboxylic acids is 2. The van der Waals surface area contributed by atoms with Crippen molar-refractivity contribution in [2.75, 3.05) is 0 Å². The van der Waals surface area contributed by atoms with E-state index >= 15 is 0 Å². The lowest BCUT2D eigenvalue weighted by Crippen LogP contribution is -2.27. The first-order valence-electron chi connectivity index (χ1n) is 6.22. The Labute approximate surface area is 109 Å². The highest BCUT2D eigenvalue weighted by molar-refractivity contribution is 7.10. The molecule has 0 radical (unpaired) electrons. The Morgan fingerprint density at radius 2 is 1.94 bits per heavy atom. The van der Waals surface area contributed by atoms with E-state index in [-0.39, 0.29) is 11.6 Å². The highest BCUT2D eigenvalue weighted by atomic mass is 31.0. The van der Waals surface area contributed by atoms with Crippen LogP contribution in [0.3, 0.4) is 0 Å². The minimum Gasteiger partial charge on any atom is -0.480 e. The van der Waals surface area contributed by atoms with Crippen LogP contribution in [0.15, 0.2) is 18.2 Å². The summed E-state index contributed by atoms with van der Waals surface area (Å²) in [5.74, 6) is 0.177. The topological polar surface area (TPSA) is 43.4 Å². The molecule has 4 heteroatoms. The largest absolute Gasteiger partial charge is 0.480 e. The molecule has 0 aromatic heterocycles. The highest BCUT2D eigenvalue weighted by Crippen LogP contribution is 2.32. The van der Waals surface area contributed by atoms with Gasteiger partial charge in [-0.05, 0) is 36.1 Å². The average molecular weight is 264 g/mol. The van der Waals surface area contributed by atoms with Crippen LogP contribution in [0.25, 0.3) is 0 Å². The summed E-state index contributed by atoms with van der Waals surface area (Å²) in [5, 5.41) is 0. The molecule has 1 fully saturated rings. The summed E-state index contributed by atoms with van der Waals surface area (Å²) < 4.78 is 5.11. The lowest BCUT2D eigenvalue weighted by Gasteiger charge is -2.22. The normalized spacial score (nSPS) is 17.0. The maximum atomic E-state index is 12.0. The number of rotatable bonds is 3. The lowest BCUT2D eigenvalue weighted by atomic mass is 9.79. The fourth-order valence-electron chi connectivity index (χ4n) is 2.49. The van der Waals surface area contributed by atoms with Crippen LogP contribution >= 0.6 is 9.47 Å². The average Bonchev–Trinajstić information content (AvgIpc) is 2.38. The van der Waals surface area contributed by atoms with Gasteiger partial charge in [0.25, 0.3) is 0 Å². The predicted octanol–water partition coefficient (Wildman–Crippen LogP) is 2.82. The van der Waals surface area contributed by atoms with Crippen molar-refractivity contribution in [2.45, 2.75) is 38.5 Å². The molecule has 0 aliphatic heterocycles. The SMILES string of the molecule is CCc1ccc(OP)cc1C1C(=O)CCCC1=O. The number of hydrogen-bond donors (Lipinski definition) is 0. The Morgan fingerprint density at radius 1 is 1.28 bits per heavy atom. The van der Waals surface area contributed by atoms with Crippen LogP contribution in [-0.2, 0) is 16.0 Å². The van der Waals surface area contributed by atoms with Crippen LogP contribution in [0.4, 0.5) is 0 Å². The van der Waals surface area contributed by atoms with Crippen LogP contribution in [0.5, 0.6) is 5.75 Å². The zero-order valence-electron chi connectivity index (χ0n) is 10.4. The third kappa shape index (κ3) is 2.46. The van der Waals surface area contributed by atoms with Crippen LogP contribution in [0.2, 0.25) is 0 Å². The van der Waals surface area contributed by atoms with Crippen molar-refractivity contribution < 1.29 is 14.1 Å². The van der Waals surface area contributed by atoms with E-state index in [1.165, 1.54) is 0 Å². The van der Waals surface area contributed by atoms with Crippen molar-refractivity contribution in [2.24, 2.45) is 0 Å². The first-order valence-corrected chi connectivity index (χ1v) is 6.69. The molecule has 1 aromatic carbocycles. The number of benzene rings is 1. The van der Waals surface area contributed by atoms with Crippen molar-refractivity contribution >= 4 is 21.0 Å². The van der Waals surface area contributed by atoms with Crippen molar-refractivity contribution in [1.29, 1.82) is 0 Å². The molecule has 1 aliphatic rings. The Hall–Kier alpha value is -1.21. The standard InChI is InChI=1S/C14H17O3P/c1-2-9-6-7-10(17-18)8-11(9)14-12(15)4-3-5-13(14)16/h6-8,14H,2-5,18H2,1H3. The molecule has 2 rings (SSSR count). The van der Waals surface area contributed by atoms with Gasteiger partial charge in [0.15, 0.2) is 0 Å². The maximum absolute atomic E-state index is 12.0. The smallest absolute Gasteiger partial charge is 0.147 e. The van der Waals surface area contributed by atoms with Gasteiger partial charge in [-0.2, -0.15) is 0 Å². The van der Waals surface area contributed by atoms with Gasteiger partial charge in [0.05, 0.1) is 9.47 Å². The summed E-state index contributed by atoms with van der Waals surface area (Å²) in [6.07, 6.45) is 2.51. The number of Topliss-reactive ketones (excluding diaryl/α,β-unsaturated/α-hetero) is 2. The molecule has 1 atom stereocenters. The predicted molar refractivity (Wildman–Crippen MR) is 72.8 cm³/mol. The van der Waals surface area contributed by atoms with E-state index < -0.39 is 5.92 Å². The molecule has 0 heterocycles. The first-order chi connectivity index (χ1) is 8.67. The quantitative estimate of drug-likeness (QED) is 0.622. The second-order valence-electron chi connectivity index (χ2n) is 4.55. The second-order valence-corrected chi connectivity index (χ2v) is 4.79. The van der Waals surface area contributed by atoms with E-state index in [4.69, 9.17) is 4.52 Å². The van der Waals surface area contributed by atoms with Crippen molar-refractivity contribution in [3.8, 4) is 5.75 Å². The monoisotopic (exact) mass is 264 g/mol. The van der Waals surface area contributed by atoms with Gasteiger partial charge < -0.3 is 4.52 Å². The van der Waals surface area contributed by atoms with Gasteiger partial charge >= 0.3 is 0 Å². The molecule has 1 aromatic rings. The summed E-state index contributed by atoms with van der Waals surface area (Å²) in [5.41, 5.74) is 1.88. The van der Waals surface area contributed by atoms with E-state index in [2.05, 4.69) is 9.47 Å². The van der Waals surface area contributed by atoms with Gasteiger partial charge in [-0.25, -0.2) is 0 Å². The molecule has 18 heavy (non-hydrogen) atoms. The minimum atomic E-state index is -0.575. The summed E-state index contributed by atoms with van der Waals surface area (Å²) in [7, 11) is 2.18. The third-order valence-corrected chi connectivity index (χ3v) is 3.71. The van der Waals surface area contributed by atoms with E-state index in [1.54, 1.807) is 0 Å². The zero-order chi connectivity index (χ0) is 13.1. The Kier molecular flexibility index (Phi) is 4.13. The third-order valence-electron chi connectivity index (χ3n) is 3.44. The molecular formula is C14H17O3P. The zero-order valence-corrected chi connectivity index (χ0v) is 11.6. The van der Waals surface area contributed by atoms with Crippen molar-refractivity contribution in [3.05, 3.63) is 29.3 Å². The molecular weight excluding hydrogens is 247 g/mol. The Morgan fingerprint density at radius 3 is 2.50 bits per heavy atom. The molecule has 0 bridgehead atoms. The van der Waals surface area contributed by atoms with Crippen molar-refractivity contribution in [3.63, 3.8) is 0 Å². The molecule has 1 aliphatic carbocycles. The second kappa shape index (κ2) is 5.62. The summed E-state index contributed by atoms with van der Waals surface area (Å²) >= 11 is 0. The summed E-state index contributed by atoms with van der Waals surface area (Å²) in [6.45, 7) is 2.03. The van der Waals surface area contributed by atoms with E-state index in [0.717, 1.165) is 17.5 Å². The van der Waals surface area contributed by atoms with Gasteiger partial charge in [0.1, 0.15) is 23.2 Å². The van der Waals surface area contributed by atoms with Crippen LogP contribution < -0.4 is 4.52 Å². The molecule has 0 saturated heterocycles. The fourth-order valence-corrected chi connectivity index (χ4v) is 2.64. The van der Waals surface area contributed by atoms with Gasteiger partial charge in [-0.15, -0.1) is 0 Å². The number of aryl methyl sites for hydroxylation is 1.